The average Bonchev–Trinajstić information content (AvgIpc) is 3.24. The van der Waals surface area contributed by atoms with Crippen LogP contribution in [0.2, 0.25) is 0 Å². The van der Waals surface area contributed by atoms with E-state index in [0.29, 0.717) is 44.4 Å². The lowest BCUT2D eigenvalue weighted by atomic mass is 9.81. The molecular weight excluding hydrogens is 311 g/mol. The molecule has 0 aliphatic carbocycles. The minimum atomic E-state index is -0.749. The fraction of sp³-hybridized carbons (Fsp3) is 0.722. The van der Waals surface area contributed by atoms with Crippen molar-refractivity contribution in [1.29, 1.82) is 0 Å². The highest BCUT2D eigenvalue weighted by atomic mass is 19.1. The highest BCUT2D eigenvalue weighted by Gasteiger charge is 2.45. The molecule has 3 fully saturated rings. The molecule has 132 valence electrons. The topological polar surface area (TPSA) is 45.9 Å². The van der Waals surface area contributed by atoms with E-state index in [4.69, 9.17) is 9.15 Å². The van der Waals surface area contributed by atoms with Gasteiger partial charge in [-0.05, 0) is 30.7 Å². The Morgan fingerprint density at radius 3 is 2.83 bits per heavy atom. The van der Waals surface area contributed by atoms with Crippen molar-refractivity contribution in [1.82, 2.24) is 9.80 Å². The van der Waals surface area contributed by atoms with Crippen LogP contribution in [0, 0.1) is 17.8 Å². The van der Waals surface area contributed by atoms with Gasteiger partial charge in [0.1, 0.15) is 6.17 Å². The zero-order valence-corrected chi connectivity index (χ0v) is 13.9. The Balaban J connectivity index is 1.40. The molecule has 1 aromatic heterocycles. The number of ether oxygens (including phenoxy) is 1. The van der Waals surface area contributed by atoms with Crippen LogP contribution in [-0.4, -0.2) is 61.3 Å². The SMILES string of the molecule is O=C([C@H]1COC[C@H]2CN(Cc3ccoc3)C[C@H]21)N1CCC(F)CC1. The largest absolute Gasteiger partial charge is 0.472 e. The Bertz CT molecular complexity index is 557. The van der Waals surface area contributed by atoms with E-state index in [0.717, 1.165) is 26.2 Å². The van der Waals surface area contributed by atoms with Crippen molar-refractivity contribution >= 4 is 5.91 Å². The number of carbonyl (C=O) groups excluding carboxylic acids is 1. The zero-order valence-electron chi connectivity index (χ0n) is 13.9. The van der Waals surface area contributed by atoms with Crippen molar-refractivity contribution in [2.75, 3.05) is 39.4 Å². The van der Waals surface area contributed by atoms with E-state index in [2.05, 4.69) is 4.90 Å². The second-order valence-electron chi connectivity index (χ2n) is 7.39. The number of carbonyl (C=O) groups is 1. The Morgan fingerprint density at radius 2 is 2.08 bits per heavy atom. The summed E-state index contributed by atoms with van der Waals surface area (Å²) in [5.41, 5.74) is 1.17. The predicted molar refractivity (Wildman–Crippen MR) is 86.0 cm³/mol. The summed E-state index contributed by atoms with van der Waals surface area (Å²) in [5, 5.41) is 0. The molecule has 24 heavy (non-hydrogen) atoms. The molecule has 3 atom stereocenters. The molecule has 3 aliphatic heterocycles. The van der Waals surface area contributed by atoms with Gasteiger partial charge in [0.25, 0.3) is 0 Å². The molecular formula is C18H25FN2O3. The number of nitrogens with zero attached hydrogens (tertiary/aromatic N) is 2. The third kappa shape index (κ3) is 3.22. The fourth-order valence-corrected chi connectivity index (χ4v) is 4.42. The van der Waals surface area contributed by atoms with E-state index >= 15 is 0 Å². The van der Waals surface area contributed by atoms with Crippen LogP contribution in [0.5, 0.6) is 0 Å². The second kappa shape index (κ2) is 6.84. The van der Waals surface area contributed by atoms with E-state index < -0.39 is 6.17 Å². The van der Waals surface area contributed by atoms with E-state index in [9.17, 15) is 9.18 Å². The quantitative estimate of drug-likeness (QED) is 0.846. The molecule has 5 nitrogen and oxygen atoms in total. The molecule has 0 radical (unpaired) electrons. The number of piperidine rings is 1. The van der Waals surface area contributed by atoms with Crippen LogP contribution in [-0.2, 0) is 16.1 Å². The van der Waals surface area contributed by atoms with Crippen molar-refractivity contribution in [2.24, 2.45) is 17.8 Å². The molecule has 3 saturated heterocycles. The molecule has 0 spiro atoms. The third-order valence-electron chi connectivity index (χ3n) is 5.75. The lowest BCUT2D eigenvalue weighted by molar-refractivity contribution is -0.145. The smallest absolute Gasteiger partial charge is 0.228 e. The van der Waals surface area contributed by atoms with Crippen molar-refractivity contribution < 1.29 is 18.3 Å². The molecule has 3 aliphatic rings. The molecule has 0 bridgehead atoms. The van der Waals surface area contributed by atoms with Gasteiger partial charge in [0.15, 0.2) is 0 Å². The van der Waals surface area contributed by atoms with E-state index in [1.807, 2.05) is 11.0 Å². The molecule has 6 heteroatoms. The first-order chi connectivity index (χ1) is 11.7. The predicted octanol–water partition coefficient (Wildman–Crippen LogP) is 1.93. The minimum Gasteiger partial charge on any atom is -0.472 e. The molecule has 1 aromatic rings. The van der Waals surface area contributed by atoms with Crippen LogP contribution >= 0.6 is 0 Å². The first-order valence-electron chi connectivity index (χ1n) is 8.94. The lowest BCUT2D eigenvalue weighted by Gasteiger charge is -2.37. The van der Waals surface area contributed by atoms with Gasteiger partial charge < -0.3 is 14.1 Å². The Kier molecular flexibility index (Phi) is 4.59. The van der Waals surface area contributed by atoms with E-state index in [1.165, 1.54) is 5.56 Å². The number of halogens is 1. The first-order valence-corrected chi connectivity index (χ1v) is 8.94. The molecule has 0 aromatic carbocycles. The second-order valence-corrected chi connectivity index (χ2v) is 7.39. The van der Waals surface area contributed by atoms with Crippen LogP contribution in [0.25, 0.3) is 0 Å². The summed E-state index contributed by atoms with van der Waals surface area (Å²) in [6.45, 7) is 5.09. The minimum absolute atomic E-state index is 0.0748. The van der Waals surface area contributed by atoms with Crippen LogP contribution < -0.4 is 0 Å². The van der Waals surface area contributed by atoms with Gasteiger partial charge in [-0.2, -0.15) is 0 Å². The van der Waals surface area contributed by atoms with E-state index in [-0.39, 0.29) is 11.8 Å². The maximum atomic E-state index is 13.3. The monoisotopic (exact) mass is 336 g/mol. The van der Waals surface area contributed by atoms with Gasteiger partial charge >= 0.3 is 0 Å². The molecule has 4 heterocycles. The molecule has 1 amide bonds. The number of alkyl halides is 1. The number of rotatable bonds is 3. The lowest BCUT2D eigenvalue weighted by Crippen LogP contribution is -2.48. The number of furan rings is 1. The van der Waals surface area contributed by atoms with E-state index in [1.54, 1.807) is 12.5 Å². The Morgan fingerprint density at radius 1 is 1.25 bits per heavy atom. The van der Waals surface area contributed by atoms with Gasteiger partial charge in [0.05, 0.1) is 31.7 Å². The van der Waals surface area contributed by atoms with Crippen LogP contribution in [0.3, 0.4) is 0 Å². The summed E-state index contributed by atoms with van der Waals surface area (Å²) in [6, 6.07) is 1.99. The highest BCUT2D eigenvalue weighted by molar-refractivity contribution is 5.79. The van der Waals surface area contributed by atoms with Gasteiger partial charge in [0, 0.05) is 38.3 Å². The third-order valence-corrected chi connectivity index (χ3v) is 5.75. The zero-order chi connectivity index (χ0) is 16.5. The average molecular weight is 336 g/mol. The number of likely N-dealkylation sites (tertiary alicyclic amines) is 2. The van der Waals surface area contributed by atoms with Crippen LogP contribution in [0.15, 0.2) is 23.0 Å². The van der Waals surface area contributed by atoms with Gasteiger partial charge in [-0.15, -0.1) is 0 Å². The summed E-state index contributed by atoms with van der Waals surface area (Å²) >= 11 is 0. The standard InChI is InChI=1S/C18H25FN2O3/c19-15-1-4-21(5-2-15)18(22)17-12-24-11-14-8-20(9-16(14)17)7-13-3-6-23-10-13/h3,6,10,14-17H,1-2,4-5,7-9,11-12H2/t14-,16-,17+/m1/s1. The molecule has 0 N–H and O–H groups in total. The van der Waals surface area contributed by atoms with Crippen LogP contribution in [0.1, 0.15) is 18.4 Å². The van der Waals surface area contributed by atoms with Crippen molar-refractivity contribution in [3.63, 3.8) is 0 Å². The van der Waals surface area contributed by atoms with Gasteiger partial charge in [0.2, 0.25) is 5.91 Å². The normalized spacial score (nSPS) is 32.0. The van der Waals surface area contributed by atoms with Crippen molar-refractivity contribution in [2.45, 2.75) is 25.6 Å². The molecule has 0 saturated carbocycles. The maximum Gasteiger partial charge on any atom is 0.228 e. The Hall–Kier alpha value is -1.40. The van der Waals surface area contributed by atoms with Crippen molar-refractivity contribution in [3.05, 3.63) is 24.2 Å². The summed E-state index contributed by atoms with van der Waals surface area (Å²) in [6.07, 6.45) is 3.67. The summed E-state index contributed by atoms with van der Waals surface area (Å²) < 4.78 is 24.2. The number of hydrogen-bond acceptors (Lipinski definition) is 4. The van der Waals surface area contributed by atoms with Gasteiger partial charge in [-0.3, -0.25) is 9.69 Å². The molecule has 0 unspecified atom stereocenters. The Labute approximate surface area is 141 Å². The van der Waals surface area contributed by atoms with Gasteiger partial charge in [-0.1, -0.05) is 0 Å². The first kappa shape index (κ1) is 16.1. The maximum absolute atomic E-state index is 13.3. The highest BCUT2D eigenvalue weighted by Crippen LogP contribution is 2.36. The fourth-order valence-electron chi connectivity index (χ4n) is 4.42. The summed E-state index contributed by atoms with van der Waals surface area (Å²) in [7, 11) is 0. The number of amides is 1. The van der Waals surface area contributed by atoms with Gasteiger partial charge in [-0.25, -0.2) is 4.39 Å². The van der Waals surface area contributed by atoms with Crippen LogP contribution in [0.4, 0.5) is 4.39 Å². The summed E-state index contributed by atoms with van der Waals surface area (Å²) in [4.78, 5) is 17.2. The summed E-state index contributed by atoms with van der Waals surface area (Å²) in [5.74, 6) is 0.857. The number of hydrogen-bond donors (Lipinski definition) is 0. The van der Waals surface area contributed by atoms with Crippen molar-refractivity contribution in [3.8, 4) is 0 Å². The number of fused-ring (bicyclic) bond motifs is 1. The molecule has 4 rings (SSSR count).